The second kappa shape index (κ2) is 9.88. The van der Waals surface area contributed by atoms with Crippen LogP contribution in [0.15, 0.2) is 41.3 Å². The van der Waals surface area contributed by atoms with E-state index in [1.807, 2.05) is 32.0 Å². The molecule has 1 fully saturated rings. The summed E-state index contributed by atoms with van der Waals surface area (Å²) in [5.74, 6) is 0.117. The van der Waals surface area contributed by atoms with Crippen LogP contribution >= 0.6 is 0 Å². The van der Waals surface area contributed by atoms with Crippen LogP contribution in [0.4, 0.5) is 11.4 Å². The van der Waals surface area contributed by atoms with Crippen molar-refractivity contribution in [3.05, 3.63) is 53.1 Å². The number of amides is 2. The van der Waals surface area contributed by atoms with Crippen LogP contribution in [0.2, 0.25) is 0 Å². The van der Waals surface area contributed by atoms with Crippen LogP contribution in [0.3, 0.4) is 0 Å². The topological polar surface area (TPSA) is 86.8 Å². The molecule has 182 valence electrons. The standard InChI is InChI=1S/C26H33N3O4S/c1-18-11-13-28(14-12-18)34(32,33)23-9-10-24-21(16-23)5-4-6-26(31)29(24)17-25(30)27-22-8-7-19(2)20(3)15-22/h7-10,15-16,18H,4-6,11-14,17H2,1-3H3,(H,27,30). The fourth-order valence-electron chi connectivity index (χ4n) is 4.60. The number of fused-ring (bicyclic) bond motifs is 1. The van der Waals surface area contributed by atoms with E-state index in [-0.39, 0.29) is 23.3 Å². The molecule has 1 N–H and O–H groups in total. The van der Waals surface area contributed by atoms with E-state index in [0.29, 0.717) is 49.6 Å². The Balaban J connectivity index is 1.56. The second-order valence-corrected chi connectivity index (χ2v) is 11.5. The molecule has 2 aromatic rings. The molecule has 34 heavy (non-hydrogen) atoms. The van der Waals surface area contributed by atoms with Crippen LogP contribution in [0, 0.1) is 19.8 Å². The number of carbonyl (C=O) groups excluding carboxylic acids is 2. The summed E-state index contributed by atoms with van der Waals surface area (Å²) in [5, 5.41) is 2.88. The molecule has 1 saturated heterocycles. The fraction of sp³-hybridized carbons (Fsp3) is 0.462. The minimum atomic E-state index is -3.58. The molecule has 0 bridgehead atoms. The summed E-state index contributed by atoms with van der Waals surface area (Å²) < 4.78 is 28.0. The summed E-state index contributed by atoms with van der Waals surface area (Å²) in [6.45, 7) is 7.08. The number of sulfonamides is 1. The Morgan fingerprint density at radius 2 is 1.76 bits per heavy atom. The average Bonchev–Trinajstić information content (AvgIpc) is 2.95. The summed E-state index contributed by atoms with van der Waals surface area (Å²) in [7, 11) is -3.58. The first kappa shape index (κ1) is 24.4. The maximum absolute atomic E-state index is 13.2. The van der Waals surface area contributed by atoms with Crippen LogP contribution in [-0.4, -0.2) is 44.2 Å². The van der Waals surface area contributed by atoms with Gasteiger partial charge >= 0.3 is 0 Å². The van der Waals surface area contributed by atoms with Crippen molar-refractivity contribution < 1.29 is 18.0 Å². The lowest BCUT2D eigenvalue weighted by Gasteiger charge is -2.30. The zero-order valence-corrected chi connectivity index (χ0v) is 21.0. The molecular weight excluding hydrogens is 450 g/mol. The lowest BCUT2D eigenvalue weighted by atomic mass is 10.0. The lowest BCUT2D eigenvalue weighted by molar-refractivity contribution is -0.121. The van der Waals surface area contributed by atoms with Crippen LogP contribution in [0.5, 0.6) is 0 Å². The summed E-state index contributed by atoms with van der Waals surface area (Å²) in [6, 6.07) is 10.6. The van der Waals surface area contributed by atoms with E-state index in [2.05, 4.69) is 12.2 Å². The summed E-state index contributed by atoms with van der Waals surface area (Å²) >= 11 is 0. The highest BCUT2D eigenvalue weighted by Crippen LogP contribution is 2.31. The van der Waals surface area contributed by atoms with E-state index in [1.54, 1.807) is 22.5 Å². The van der Waals surface area contributed by atoms with Crippen LogP contribution in [0.1, 0.15) is 49.3 Å². The van der Waals surface area contributed by atoms with Gasteiger partial charge in [-0.15, -0.1) is 0 Å². The van der Waals surface area contributed by atoms with Gasteiger partial charge in [-0.3, -0.25) is 9.59 Å². The van der Waals surface area contributed by atoms with Crippen molar-refractivity contribution in [1.29, 1.82) is 0 Å². The van der Waals surface area contributed by atoms with Crippen molar-refractivity contribution in [1.82, 2.24) is 4.31 Å². The zero-order chi connectivity index (χ0) is 24.5. The molecule has 4 rings (SSSR count). The highest BCUT2D eigenvalue weighted by molar-refractivity contribution is 7.89. The first-order valence-electron chi connectivity index (χ1n) is 12.0. The van der Waals surface area contributed by atoms with E-state index in [0.717, 1.165) is 29.5 Å². The van der Waals surface area contributed by atoms with E-state index in [1.165, 1.54) is 4.90 Å². The predicted molar refractivity (Wildman–Crippen MR) is 133 cm³/mol. The Labute approximate surface area is 202 Å². The van der Waals surface area contributed by atoms with Gasteiger partial charge in [0.1, 0.15) is 6.54 Å². The van der Waals surface area contributed by atoms with Gasteiger partial charge in [-0.05, 0) is 92.5 Å². The smallest absolute Gasteiger partial charge is 0.244 e. The van der Waals surface area contributed by atoms with Gasteiger partial charge in [-0.2, -0.15) is 4.31 Å². The Morgan fingerprint density at radius 3 is 2.47 bits per heavy atom. The van der Waals surface area contributed by atoms with Gasteiger partial charge in [0.15, 0.2) is 0 Å². The number of hydrogen-bond donors (Lipinski definition) is 1. The molecule has 8 heteroatoms. The number of rotatable bonds is 5. The third-order valence-corrected chi connectivity index (χ3v) is 8.85. The number of nitrogens with one attached hydrogen (secondary N) is 1. The maximum atomic E-state index is 13.2. The molecular formula is C26H33N3O4S. The minimum Gasteiger partial charge on any atom is -0.325 e. The monoisotopic (exact) mass is 483 g/mol. The fourth-order valence-corrected chi connectivity index (χ4v) is 6.12. The Bertz CT molecular complexity index is 1200. The quantitative estimate of drug-likeness (QED) is 0.696. The first-order chi connectivity index (χ1) is 16.1. The third-order valence-electron chi connectivity index (χ3n) is 6.95. The highest BCUT2D eigenvalue weighted by atomic mass is 32.2. The lowest BCUT2D eigenvalue weighted by Crippen LogP contribution is -2.38. The molecule has 0 aliphatic carbocycles. The first-order valence-corrected chi connectivity index (χ1v) is 13.4. The summed E-state index contributed by atoms with van der Waals surface area (Å²) in [4.78, 5) is 27.4. The number of carbonyl (C=O) groups is 2. The van der Waals surface area contributed by atoms with Gasteiger partial charge < -0.3 is 10.2 Å². The normalized spacial score (nSPS) is 17.9. The Morgan fingerprint density at radius 1 is 1.03 bits per heavy atom. The van der Waals surface area contributed by atoms with Crippen LogP contribution < -0.4 is 10.2 Å². The van der Waals surface area contributed by atoms with E-state index >= 15 is 0 Å². The zero-order valence-electron chi connectivity index (χ0n) is 20.1. The number of aryl methyl sites for hydroxylation is 3. The highest BCUT2D eigenvalue weighted by Gasteiger charge is 2.30. The summed E-state index contributed by atoms with van der Waals surface area (Å²) in [6.07, 6.45) is 3.25. The predicted octanol–water partition coefficient (Wildman–Crippen LogP) is 4.03. The molecule has 7 nitrogen and oxygen atoms in total. The number of hydrogen-bond acceptors (Lipinski definition) is 4. The molecule has 2 aliphatic heterocycles. The van der Waals surface area contributed by atoms with Gasteiger partial charge in [0, 0.05) is 30.9 Å². The van der Waals surface area contributed by atoms with Crippen LogP contribution in [-0.2, 0) is 26.0 Å². The van der Waals surface area contributed by atoms with Crippen molar-refractivity contribution in [2.24, 2.45) is 5.92 Å². The molecule has 0 unspecified atom stereocenters. The molecule has 2 heterocycles. The van der Waals surface area contributed by atoms with Gasteiger partial charge in [-0.1, -0.05) is 13.0 Å². The van der Waals surface area contributed by atoms with E-state index < -0.39 is 10.0 Å². The number of nitrogens with zero attached hydrogens (tertiary/aromatic N) is 2. The number of anilines is 2. The van der Waals surface area contributed by atoms with E-state index in [9.17, 15) is 18.0 Å². The summed E-state index contributed by atoms with van der Waals surface area (Å²) in [5.41, 5.74) is 4.30. The van der Waals surface area contributed by atoms with Crippen LogP contribution in [0.25, 0.3) is 0 Å². The molecule has 0 saturated carbocycles. The van der Waals surface area contributed by atoms with Crippen molar-refractivity contribution in [2.45, 2.75) is 57.8 Å². The minimum absolute atomic E-state index is 0.116. The third kappa shape index (κ3) is 5.18. The average molecular weight is 484 g/mol. The Kier molecular flexibility index (Phi) is 7.09. The van der Waals surface area contributed by atoms with E-state index in [4.69, 9.17) is 0 Å². The Hall–Kier alpha value is -2.71. The largest absolute Gasteiger partial charge is 0.325 e. The molecule has 0 spiro atoms. The molecule has 2 aromatic carbocycles. The second-order valence-electron chi connectivity index (χ2n) is 9.56. The molecule has 0 radical (unpaired) electrons. The maximum Gasteiger partial charge on any atom is 0.244 e. The van der Waals surface area contributed by atoms with Gasteiger partial charge in [0.25, 0.3) is 0 Å². The number of benzene rings is 2. The van der Waals surface area contributed by atoms with Crippen molar-refractivity contribution in [3.63, 3.8) is 0 Å². The van der Waals surface area contributed by atoms with Gasteiger partial charge in [0.2, 0.25) is 21.8 Å². The molecule has 2 aliphatic rings. The van der Waals surface area contributed by atoms with Gasteiger partial charge in [0.05, 0.1) is 4.90 Å². The van der Waals surface area contributed by atoms with Crippen molar-refractivity contribution in [2.75, 3.05) is 29.9 Å². The molecule has 0 aromatic heterocycles. The SMILES string of the molecule is Cc1ccc(NC(=O)CN2C(=O)CCCc3cc(S(=O)(=O)N4CCC(C)CC4)ccc32)cc1C. The molecule has 2 amide bonds. The van der Waals surface area contributed by atoms with Gasteiger partial charge in [-0.25, -0.2) is 8.42 Å². The van der Waals surface area contributed by atoms with Crippen molar-refractivity contribution in [3.8, 4) is 0 Å². The molecule has 0 atom stereocenters. The van der Waals surface area contributed by atoms with Crippen molar-refractivity contribution >= 4 is 33.2 Å². The number of piperidine rings is 1.